The highest BCUT2D eigenvalue weighted by Crippen LogP contribution is 2.29. The SMILES string of the molecule is CC(C)(C)CC(=O)N1CCC(F)(F)C1. The van der Waals surface area contributed by atoms with Gasteiger partial charge in [-0.1, -0.05) is 20.8 Å². The van der Waals surface area contributed by atoms with Gasteiger partial charge in [0.15, 0.2) is 0 Å². The number of alkyl halides is 2. The van der Waals surface area contributed by atoms with Gasteiger partial charge in [-0.15, -0.1) is 0 Å². The van der Waals surface area contributed by atoms with Crippen molar-refractivity contribution >= 4 is 5.91 Å². The summed E-state index contributed by atoms with van der Waals surface area (Å²) in [5.41, 5.74) is -0.130. The maximum absolute atomic E-state index is 12.8. The Morgan fingerprint density at radius 2 is 2.00 bits per heavy atom. The molecule has 0 aliphatic carbocycles. The van der Waals surface area contributed by atoms with Crippen LogP contribution in [0.2, 0.25) is 0 Å². The average molecular weight is 205 g/mol. The van der Waals surface area contributed by atoms with Crippen molar-refractivity contribution in [2.24, 2.45) is 5.41 Å². The summed E-state index contributed by atoms with van der Waals surface area (Å²) in [6.07, 6.45) is 0.145. The molecule has 1 amide bonds. The van der Waals surface area contributed by atoms with Crippen LogP contribution in [-0.2, 0) is 4.79 Å². The Balaban J connectivity index is 2.48. The Morgan fingerprint density at radius 1 is 1.43 bits per heavy atom. The van der Waals surface area contributed by atoms with Crippen LogP contribution in [0.15, 0.2) is 0 Å². The van der Waals surface area contributed by atoms with Crippen LogP contribution >= 0.6 is 0 Å². The van der Waals surface area contributed by atoms with Crippen LogP contribution < -0.4 is 0 Å². The van der Waals surface area contributed by atoms with E-state index in [1.165, 1.54) is 4.90 Å². The van der Waals surface area contributed by atoms with Gasteiger partial charge in [-0.3, -0.25) is 4.79 Å². The first kappa shape index (κ1) is 11.4. The number of amides is 1. The lowest BCUT2D eigenvalue weighted by atomic mass is 9.92. The van der Waals surface area contributed by atoms with Gasteiger partial charge in [-0.2, -0.15) is 0 Å². The summed E-state index contributed by atoms with van der Waals surface area (Å²) in [5.74, 6) is -2.83. The summed E-state index contributed by atoms with van der Waals surface area (Å²) in [5, 5.41) is 0. The van der Waals surface area contributed by atoms with E-state index < -0.39 is 12.5 Å². The van der Waals surface area contributed by atoms with Gasteiger partial charge in [0.25, 0.3) is 5.92 Å². The van der Waals surface area contributed by atoms with Crippen molar-refractivity contribution < 1.29 is 13.6 Å². The first-order valence-corrected chi connectivity index (χ1v) is 4.85. The Bertz CT molecular complexity index is 233. The molecule has 1 saturated heterocycles. The van der Waals surface area contributed by atoms with E-state index in [2.05, 4.69) is 0 Å². The second-order valence-corrected chi connectivity index (χ2v) is 5.16. The van der Waals surface area contributed by atoms with Crippen molar-refractivity contribution in [3.05, 3.63) is 0 Å². The number of likely N-dealkylation sites (tertiary alicyclic amines) is 1. The minimum atomic E-state index is -2.67. The maximum atomic E-state index is 12.8. The first-order valence-electron chi connectivity index (χ1n) is 4.85. The predicted octanol–water partition coefficient (Wildman–Crippen LogP) is 2.29. The smallest absolute Gasteiger partial charge is 0.267 e. The Labute approximate surface area is 83.3 Å². The van der Waals surface area contributed by atoms with Crippen LogP contribution in [0.25, 0.3) is 0 Å². The fourth-order valence-corrected chi connectivity index (χ4v) is 1.51. The van der Waals surface area contributed by atoms with Crippen LogP contribution in [-0.4, -0.2) is 29.8 Å². The molecule has 1 aliphatic rings. The molecule has 0 aromatic heterocycles. The second-order valence-electron chi connectivity index (χ2n) is 5.16. The van der Waals surface area contributed by atoms with E-state index in [-0.39, 0.29) is 24.3 Å². The van der Waals surface area contributed by atoms with Gasteiger partial charge in [0, 0.05) is 19.4 Å². The van der Waals surface area contributed by atoms with Gasteiger partial charge in [0.05, 0.1) is 6.54 Å². The number of carbonyl (C=O) groups excluding carboxylic acids is 1. The number of halogens is 2. The first-order chi connectivity index (χ1) is 6.20. The summed E-state index contributed by atoms with van der Waals surface area (Å²) in [6, 6.07) is 0. The summed E-state index contributed by atoms with van der Waals surface area (Å²) >= 11 is 0. The Kier molecular flexibility index (Phi) is 2.83. The molecular weight excluding hydrogens is 188 g/mol. The van der Waals surface area contributed by atoms with Gasteiger partial charge in [0.1, 0.15) is 0 Å². The van der Waals surface area contributed by atoms with E-state index in [0.717, 1.165) is 0 Å². The molecule has 0 aromatic carbocycles. The molecule has 0 N–H and O–H groups in total. The largest absolute Gasteiger partial charge is 0.336 e. The molecule has 0 spiro atoms. The molecule has 2 nitrogen and oxygen atoms in total. The summed E-state index contributed by atoms with van der Waals surface area (Å²) in [7, 11) is 0. The fraction of sp³-hybridized carbons (Fsp3) is 0.900. The number of hydrogen-bond acceptors (Lipinski definition) is 1. The number of rotatable bonds is 1. The quantitative estimate of drug-likeness (QED) is 0.643. The Hall–Kier alpha value is -0.670. The monoisotopic (exact) mass is 205 g/mol. The highest BCUT2D eigenvalue weighted by atomic mass is 19.3. The van der Waals surface area contributed by atoms with Crippen LogP contribution in [0.4, 0.5) is 8.78 Å². The minimum Gasteiger partial charge on any atom is -0.336 e. The fourth-order valence-electron chi connectivity index (χ4n) is 1.51. The van der Waals surface area contributed by atoms with E-state index in [0.29, 0.717) is 6.42 Å². The summed E-state index contributed by atoms with van der Waals surface area (Å²) < 4.78 is 25.6. The molecule has 1 heterocycles. The highest BCUT2D eigenvalue weighted by Gasteiger charge is 2.40. The predicted molar refractivity (Wildman–Crippen MR) is 50.2 cm³/mol. The van der Waals surface area contributed by atoms with Crippen molar-refractivity contribution in [2.75, 3.05) is 13.1 Å². The lowest BCUT2D eigenvalue weighted by Crippen LogP contribution is -2.33. The highest BCUT2D eigenvalue weighted by molar-refractivity contribution is 5.77. The molecule has 0 unspecified atom stereocenters. The third-order valence-corrected chi connectivity index (χ3v) is 2.20. The third-order valence-electron chi connectivity index (χ3n) is 2.20. The zero-order chi connectivity index (χ0) is 11.0. The molecule has 0 aromatic rings. The molecule has 0 saturated carbocycles. The number of carbonyl (C=O) groups is 1. The number of hydrogen-bond donors (Lipinski definition) is 0. The maximum Gasteiger partial charge on any atom is 0.267 e. The molecule has 4 heteroatoms. The lowest BCUT2D eigenvalue weighted by molar-refractivity contribution is -0.133. The number of nitrogens with zero attached hydrogens (tertiary/aromatic N) is 1. The molecule has 0 radical (unpaired) electrons. The third kappa shape index (κ3) is 3.24. The zero-order valence-corrected chi connectivity index (χ0v) is 8.94. The van der Waals surface area contributed by atoms with Crippen LogP contribution in [0.1, 0.15) is 33.6 Å². The van der Waals surface area contributed by atoms with Gasteiger partial charge in [-0.05, 0) is 5.41 Å². The van der Waals surface area contributed by atoms with Crippen LogP contribution in [0.5, 0.6) is 0 Å². The molecule has 1 aliphatic heterocycles. The van der Waals surface area contributed by atoms with Crippen LogP contribution in [0, 0.1) is 5.41 Å². The van der Waals surface area contributed by atoms with Crippen molar-refractivity contribution in [2.45, 2.75) is 39.5 Å². The standard InChI is InChI=1S/C10H17F2NO/c1-9(2,3)6-8(14)13-5-4-10(11,12)7-13/h4-7H2,1-3H3. The second kappa shape index (κ2) is 3.48. The molecule has 1 rings (SSSR count). The van der Waals surface area contributed by atoms with Gasteiger partial charge >= 0.3 is 0 Å². The van der Waals surface area contributed by atoms with Gasteiger partial charge < -0.3 is 4.90 Å². The van der Waals surface area contributed by atoms with Gasteiger partial charge in [-0.25, -0.2) is 8.78 Å². The zero-order valence-electron chi connectivity index (χ0n) is 8.94. The van der Waals surface area contributed by atoms with E-state index >= 15 is 0 Å². The molecule has 82 valence electrons. The average Bonchev–Trinajstić information content (AvgIpc) is 2.26. The van der Waals surface area contributed by atoms with Gasteiger partial charge in [0.2, 0.25) is 5.91 Å². The minimum absolute atomic E-state index is 0.130. The lowest BCUT2D eigenvalue weighted by Gasteiger charge is -2.22. The normalized spacial score (nSPS) is 21.4. The van der Waals surface area contributed by atoms with E-state index in [4.69, 9.17) is 0 Å². The topological polar surface area (TPSA) is 20.3 Å². The molecule has 1 fully saturated rings. The molecule has 0 atom stereocenters. The summed E-state index contributed by atoms with van der Waals surface area (Å²) in [4.78, 5) is 12.8. The van der Waals surface area contributed by atoms with E-state index in [1.54, 1.807) is 0 Å². The van der Waals surface area contributed by atoms with Crippen LogP contribution in [0.3, 0.4) is 0 Å². The molecule has 14 heavy (non-hydrogen) atoms. The van der Waals surface area contributed by atoms with E-state index in [1.807, 2.05) is 20.8 Å². The summed E-state index contributed by atoms with van der Waals surface area (Å²) in [6.45, 7) is 5.58. The molecule has 0 bridgehead atoms. The van der Waals surface area contributed by atoms with E-state index in [9.17, 15) is 13.6 Å². The van der Waals surface area contributed by atoms with Crippen molar-refractivity contribution in [3.63, 3.8) is 0 Å². The van der Waals surface area contributed by atoms with Crippen molar-refractivity contribution in [3.8, 4) is 0 Å². The van der Waals surface area contributed by atoms with Crippen molar-refractivity contribution in [1.29, 1.82) is 0 Å². The Morgan fingerprint density at radius 3 is 2.36 bits per heavy atom. The molecular formula is C10H17F2NO. The van der Waals surface area contributed by atoms with Crippen molar-refractivity contribution in [1.82, 2.24) is 4.90 Å².